The molecule has 1 atom stereocenters. The maximum atomic E-state index is 5.62. The monoisotopic (exact) mass is 303 g/mol. The Labute approximate surface area is 112 Å². The molecule has 98 valence electrons. The highest BCUT2D eigenvalue weighted by Crippen LogP contribution is 2.23. The lowest BCUT2D eigenvalue weighted by Gasteiger charge is -2.18. The Morgan fingerprint density at radius 1 is 1.47 bits per heavy atom. The zero-order valence-corrected chi connectivity index (χ0v) is 12.5. The van der Waals surface area contributed by atoms with E-state index in [1.54, 1.807) is 0 Å². The first-order chi connectivity index (χ1) is 8.24. The van der Waals surface area contributed by atoms with Crippen molar-refractivity contribution in [3.63, 3.8) is 0 Å². The molecule has 4 nitrogen and oxygen atoms in total. The molecule has 1 unspecified atom stereocenters. The smallest absolute Gasteiger partial charge is 0.0738 e. The van der Waals surface area contributed by atoms with Crippen molar-refractivity contribution in [3.05, 3.63) is 16.4 Å². The number of aromatic nitrogens is 2. The van der Waals surface area contributed by atoms with Gasteiger partial charge in [0.2, 0.25) is 0 Å². The van der Waals surface area contributed by atoms with Gasteiger partial charge in [-0.05, 0) is 35.8 Å². The average molecular weight is 304 g/mol. The third kappa shape index (κ3) is 4.08. The standard InChI is InChI=1S/C12H22BrN3O/c1-4-6-16-12(10(13)8-15-16)11(14-3)9-17-7-5-2/h8,11,14H,4-7,9H2,1-3H3. The quantitative estimate of drug-likeness (QED) is 0.751. The lowest BCUT2D eigenvalue weighted by Crippen LogP contribution is -2.25. The fourth-order valence-corrected chi connectivity index (χ4v) is 2.33. The molecule has 1 N–H and O–H groups in total. The van der Waals surface area contributed by atoms with E-state index in [0.29, 0.717) is 6.61 Å². The molecule has 0 aromatic carbocycles. The summed E-state index contributed by atoms with van der Waals surface area (Å²) in [4.78, 5) is 0. The molecule has 0 fully saturated rings. The van der Waals surface area contributed by atoms with Crippen LogP contribution >= 0.6 is 15.9 Å². The highest BCUT2D eigenvalue weighted by Gasteiger charge is 2.18. The number of ether oxygens (including phenoxy) is 1. The van der Waals surface area contributed by atoms with Crippen LogP contribution in [0.4, 0.5) is 0 Å². The van der Waals surface area contributed by atoms with Gasteiger partial charge in [0.05, 0.1) is 29.0 Å². The maximum absolute atomic E-state index is 5.62. The van der Waals surface area contributed by atoms with Crippen LogP contribution in [0, 0.1) is 0 Å². The lowest BCUT2D eigenvalue weighted by molar-refractivity contribution is 0.111. The van der Waals surface area contributed by atoms with Crippen molar-refractivity contribution in [3.8, 4) is 0 Å². The van der Waals surface area contributed by atoms with E-state index in [2.05, 4.69) is 40.2 Å². The number of hydrogen-bond donors (Lipinski definition) is 1. The van der Waals surface area contributed by atoms with Crippen molar-refractivity contribution in [2.24, 2.45) is 0 Å². The van der Waals surface area contributed by atoms with Gasteiger partial charge in [0, 0.05) is 13.2 Å². The molecule has 17 heavy (non-hydrogen) atoms. The third-order valence-electron chi connectivity index (χ3n) is 2.58. The summed E-state index contributed by atoms with van der Waals surface area (Å²) >= 11 is 3.56. The van der Waals surface area contributed by atoms with Crippen LogP contribution in [0.2, 0.25) is 0 Å². The van der Waals surface area contributed by atoms with E-state index in [0.717, 1.165) is 30.5 Å². The van der Waals surface area contributed by atoms with Crippen LogP contribution in [0.25, 0.3) is 0 Å². The van der Waals surface area contributed by atoms with Gasteiger partial charge in [-0.2, -0.15) is 5.10 Å². The van der Waals surface area contributed by atoms with E-state index < -0.39 is 0 Å². The van der Waals surface area contributed by atoms with E-state index in [1.165, 1.54) is 5.69 Å². The van der Waals surface area contributed by atoms with Crippen LogP contribution in [-0.2, 0) is 11.3 Å². The highest BCUT2D eigenvalue weighted by molar-refractivity contribution is 9.10. The van der Waals surface area contributed by atoms with Gasteiger partial charge < -0.3 is 10.1 Å². The van der Waals surface area contributed by atoms with Gasteiger partial charge in [-0.1, -0.05) is 13.8 Å². The summed E-state index contributed by atoms with van der Waals surface area (Å²) in [5.74, 6) is 0. The molecule has 0 saturated carbocycles. The second kappa shape index (κ2) is 7.84. The Morgan fingerprint density at radius 3 is 2.82 bits per heavy atom. The van der Waals surface area contributed by atoms with Crippen molar-refractivity contribution < 1.29 is 4.74 Å². The van der Waals surface area contributed by atoms with E-state index in [4.69, 9.17) is 4.74 Å². The molecule has 0 aliphatic heterocycles. The fourth-order valence-electron chi connectivity index (χ4n) is 1.75. The predicted octanol–water partition coefficient (Wildman–Crippen LogP) is 2.74. The van der Waals surface area contributed by atoms with Gasteiger partial charge in [0.25, 0.3) is 0 Å². The van der Waals surface area contributed by atoms with Crippen LogP contribution in [0.15, 0.2) is 10.7 Å². The summed E-state index contributed by atoms with van der Waals surface area (Å²) in [6.45, 7) is 6.69. The average Bonchev–Trinajstić information content (AvgIpc) is 2.68. The van der Waals surface area contributed by atoms with Gasteiger partial charge in [0.15, 0.2) is 0 Å². The summed E-state index contributed by atoms with van der Waals surface area (Å²) in [6, 6.07) is 0.185. The molecule has 1 aromatic heterocycles. The minimum absolute atomic E-state index is 0.185. The molecule has 0 bridgehead atoms. The van der Waals surface area contributed by atoms with Gasteiger partial charge in [-0.15, -0.1) is 0 Å². The minimum Gasteiger partial charge on any atom is -0.379 e. The topological polar surface area (TPSA) is 39.1 Å². The van der Waals surface area contributed by atoms with Gasteiger partial charge >= 0.3 is 0 Å². The van der Waals surface area contributed by atoms with Crippen molar-refractivity contribution in [1.29, 1.82) is 0 Å². The zero-order valence-electron chi connectivity index (χ0n) is 10.9. The van der Waals surface area contributed by atoms with Gasteiger partial charge in [0.1, 0.15) is 0 Å². The summed E-state index contributed by atoms with van der Waals surface area (Å²) in [7, 11) is 1.95. The maximum Gasteiger partial charge on any atom is 0.0738 e. The highest BCUT2D eigenvalue weighted by atomic mass is 79.9. The largest absolute Gasteiger partial charge is 0.379 e. The number of likely N-dealkylation sites (N-methyl/N-ethyl adjacent to an activating group) is 1. The first-order valence-electron chi connectivity index (χ1n) is 6.20. The normalized spacial score (nSPS) is 12.9. The number of nitrogens with one attached hydrogen (secondary N) is 1. The van der Waals surface area contributed by atoms with Crippen molar-refractivity contribution in [2.75, 3.05) is 20.3 Å². The third-order valence-corrected chi connectivity index (χ3v) is 3.19. The first-order valence-corrected chi connectivity index (χ1v) is 7.00. The number of rotatable bonds is 8. The van der Waals surface area contributed by atoms with Crippen LogP contribution in [0.3, 0.4) is 0 Å². The van der Waals surface area contributed by atoms with Crippen LogP contribution in [0.1, 0.15) is 38.4 Å². The van der Waals surface area contributed by atoms with Crippen molar-refractivity contribution in [1.82, 2.24) is 15.1 Å². The van der Waals surface area contributed by atoms with Crippen molar-refractivity contribution in [2.45, 2.75) is 39.3 Å². The second-order valence-electron chi connectivity index (χ2n) is 4.02. The molecule has 0 aliphatic rings. The molecule has 0 saturated heterocycles. The first kappa shape index (κ1) is 14.7. The Bertz CT molecular complexity index is 328. The molecule has 5 heteroatoms. The lowest BCUT2D eigenvalue weighted by atomic mass is 10.2. The van der Waals surface area contributed by atoms with Gasteiger partial charge in [-0.3, -0.25) is 4.68 Å². The summed E-state index contributed by atoms with van der Waals surface area (Å²) in [5.41, 5.74) is 1.17. The summed E-state index contributed by atoms with van der Waals surface area (Å²) in [5, 5.41) is 7.66. The Morgan fingerprint density at radius 2 is 2.24 bits per heavy atom. The molecule has 0 spiro atoms. The molecule has 0 amide bonds. The summed E-state index contributed by atoms with van der Waals surface area (Å²) < 4.78 is 8.71. The predicted molar refractivity (Wildman–Crippen MR) is 73.1 cm³/mol. The summed E-state index contributed by atoms with van der Waals surface area (Å²) in [6.07, 6.45) is 3.98. The van der Waals surface area contributed by atoms with Crippen LogP contribution in [0.5, 0.6) is 0 Å². The van der Waals surface area contributed by atoms with Crippen molar-refractivity contribution >= 4 is 15.9 Å². The zero-order chi connectivity index (χ0) is 12.7. The number of nitrogens with zero attached hydrogens (tertiary/aromatic N) is 2. The fraction of sp³-hybridized carbons (Fsp3) is 0.750. The minimum atomic E-state index is 0.185. The van der Waals surface area contributed by atoms with E-state index in [1.807, 2.05) is 17.9 Å². The molecule has 1 rings (SSSR count). The number of hydrogen-bond acceptors (Lipinski definition) is 3. The Kier molecular flexibility index (Phi) is 6.77. The second-order valence-corrected chi connectivity index (χ2v) is 4.87. The Balaban J connectivity index is 2.75. The van der Waals surface area contributed by atoms with Crippen LogP contribution < -0.4 is 5.32 Å². The SMILES string of the molecule is CCCOCC(NC)c1c(Br)cnn1CCC. The van der Waals surface area contributed by atoms with E-state index in [-0.39, 0.29) is 6.04 Å². The molecule has 1 aromatic rings. The Hall–Kier alpha value is -0.390. The number of halogens is 1. The van der Waals surface area contributed by atoms with Gasteiger partial charge in [-0.25, -0.2) is 0 Å². The number of aryl methyl sites for hydroxylation is 1. The van der Waals surface area contributed by atoms with E-state index in [9.17, 15) is 0 Å². The molecule has 0 radical (unpaired) electrons. The molecular weight excluding hydrogens is 282 g/mol. The van der Waals surface area contributed by atoms with Crippen LogP contribution in [-0.4, -0.2) is 30.0 Å². The molecule has 1 heterocycles. The molecule has 0 aliphatic carbocycles. The van der Waals surface area contributed by atoms with E-state index >= 15 is 0 Å². The molecular formula is C12H22BrN3O.